The van der Waals surface area contributed by atoms with Gasteiger partial charge in [-0.3, -0.25) is 14.9 Å². The van der Waals surface area contributed by atoms with Crippen LogP contribution >= 0.6 is 11.8 Å². The molecule has 0 atom stereocenters. The molecule has 2 aromatic carbocycles. The molecule has 10 heteroatoms. The maximum absolute atomic E-state index is 12.2. The Balaban J connectivity index is 1.67. The molecule has 26 heavy (non-hydrogen) atoms. The van der Waals surface area contributed by atoms with Gasteiger partial charge in [0.1, 0.15) is 0 Å². The fourth-order valence-electron chi connectivity index (χ4n) is 2.17. The van der Waals surface area contributed by atoms with Crippen LogP contribution in [0.3, 0.4) is 0 Å². The summed E-state index contributed by atoms with van der Waals surface area (Å²) in [5.41, 5.74) is 1.86. The van der Waals surface area contributed by atoms with Gasteiger partial charge in [0, 0.05) is 12.1 Å². The van der Waals surface area contributed by atoms with Crippen molar-refractivity contribution >= 4 is 29.0 Å². The largest absolute Gasteiger partial charge is 0.325 e. The second-order valence-corrected chi connectivity index (χ2v) is 6.24. The van der Waals surface area contributed by atoms with Crippen LogP contribution in [0.5, 0.6) is 0 Å². The number of nitrogens with zero attached hydrogens (tertiary/aromatic N) is 5. The molecule has 1 N–H and O–H groups in total. The van der Waals surface area contributed by atoms with E-state index in [0.29, 0.717) is 10.8 Å². The second kappa shape index (κ2) is 7.74. The number of benzene rings is 2. The lowest BCUT2D eigenvalue weighted by molar-refractivity contribution is -0.384. The van der Waals surface area contributed by atoms with Gasteiger partial charge < -0.3 is 5.32 Å². The first-order valence-electron chi connectivity index (χ1n) is 7.56. The lowest BCUT2D eigenvalue weighted by Gasteiger charge is -2.08. The Bertz CT molecular complexity index is 944. The van der Waals surface area contributed by atoms with E-state index in [-0.39, 0.29) is 17.3 Å². The van der Waals surface area contributed by atoms with E-state index in [1.54, 1.807) is 13.0 Å². The third-order valence-electron chi connectivity index (χ3n) is 3.48. The molecule has 0 saturated heterocycles. The molecule has 1 aromatic heterocycles. The Morgan fingerprint density at radius 1 is 1.27 bits per heavy atom. The van der Waals surface area contributed by atoms with Crippen LogP contribution in [0, 0.1) is 17.0 Å². The number of rotatable bonds is 6. The third-order valence-corrected chi connectivity index (χ3v) is 4.40. The molecule has 1 amide bonds. The van der Waals surface area contributed by atoms with Gasteiger partial charge in [-0.25, -0.2) is 0 Å². The lowest BCUT2D eigenvalue weighted by Crippen LogP contribution is -2.15. The van der Waals surface area contributed by atoms with E-state index in [0.717, 1.165) is 11.3 Å². The van der Waals surface area contributed by atoms with Crippen LogP contribution in [0.2, 0.25) is 0 Å². The summed E-state index contributed by atoms with van der Waals surface area (Å²) in [5, 5.41) is 25.5. The van der Waals surface area contributed by atoms with Crippen molar-refractivity contribution in [2.24, 2.45) is 0 Å². The van der Waals surface area contributed by atoms with Gasteiger partial charge in [-0.1, -0.05) is 36.0 Å². The van der Waals surface area contributed by atoms with E-state index in [1.165, 1.54) is 28.6 Å². The number of thioether (sulfide) groups is 1. The first-order valence-corrected chi connectivity index (χ1v) is 8.54. The highest BCUT2D eigenvalue weighted by Gasteiger charge is 2.14. The summed E-state index contributed by atoms with van der Waals surface area (Å²) in [6.45, 7) is 1.77. The number of para-hydroxylation sites is 1. The van der Waals surface area contributed by atoms with E-state index >= 15 is 0 Å². The van der Waals surface area contributed by atoms with Crippen LogP contribution in [0.25, 0.3) is 5.69 Å². The van der Waals surface area contributed by atoms with Gasteiger partial charge in [-0.2, -0.15) is 4.68 Å². The van der Waals surface area contributed by atoms with E-state index < -0.39 is 4.92 Å². The van der Waals surface area contributed by atoms with Crippen molar-refractivity contribution in [1.29, 1.82) is 0 Å². The van der Waals surface area contributed by atoms with E-state index in [9.17, 15) is 14.9 Å². The van der Waals surface area contributed by atoms with Crippen LogP contribution < -0.4 is 5.32 Å². The summed E-state index contributed by atoms with van der Waals surface area (Å²) in [5.74, 6) is -0.240. The monoisotopic (exact) mass is 370 g/mol. The number of hydrogen-bond donors (Lipinski definition) is 1. The molecule has 0 spiro atoms. The van der Waals surface area contributed by atoms with Crippen molar-refractivity contribution in [2.45, 2.75) is 12.1 Å². The highest BCUT2D eigenvalue weighted by atomic mass is 32.2. The van der Waals surface area contributed by atoms with Crippen LogP contribution in [0.4, 0.5) is 11.4 Å². The number of aryl methyl sites for hydroxylation is 1. The zero-order valence-corrected chi connectivity index (χ0v) is 14.5. The van der Waals surface area contributed by atoms with Gasteiger partial charge in [0.25, 0.3) is 5.69 Å². The van der Waals surface area contributed by atoms with Crippen molar-refractivity contribution in [3.8, 4) is 5.69 Å². The summed E-state index contributed by atoms with van der Waals surface area (Å²) in [4.78, 5) is 22.6. The number of amides is 1. The maximum atomic E-state index is 12.2. The molecule has 0 aliphatic rings. The van der Waals surface area contributed by atoms with Crippen molar-refractivity contribution in [3.05, 3.63) is 64.2 Å². The van der Waals surface area contributed by atoms with Gasteiger partial charge in [-0.15, -0.1) is 5.10 Å². The van der Waals surface area contributed by atoms with Gasteiger partial charge in [0.05, 0.1) is 22.1 Å². The minimum absolute atomic E-state index is 0.0648. The normalized spacial score (nSPS) is 10.5. The molecule has 0 aliphatic heterocycles. The fourth-order valence-corrected chi connectivity index (χ4v) is 2.87. The highest BCUT2D eigenvalue weighted by molar-refractivity contribution is 7.99. The van der Waals surface area contributed by atoms with Crippen LogP contribution in [-0.4, -0.2) is 36.8 Å². The van der Waals surface area contributed by atoms with E-state index in [1.807, 2.05) is 30.3 Å². The molecule has 0 unspecified atom stereocenters. The highest BCUT2D eigenvalue weighted by Crippen LogP contribution is 2.23. The smallest absolute Gasteiger partial charge is 0.271 e. The number of carbonyl (C=O) groups excluding carboxylic acids is 1. The molecule has 0 saturated carbocycles. The fraction of sp³-hybridized carbons (Fsp3) is 0.125. The number of hydrogen-bond acceptors (Lipinski definition) is 7. The molecule has 0 bridgehead atoms. The first kappa shape index (κ1) is 17.5. The predicted octanol–water partition coefficient (Wildman–Crippen LogP) is 2.61. The van der Waals surface area contributed by atoms with Crippen molar-refractivity contribution < 1.29 is 9.72 Å². The molecule has 9 nitrogen and oxygen atoms in total. The molecule has 1 heterocycles. The SMILES string of the molecule is Cc1ccc([N+](=O)[O-])cc1NC(=O)CSc1nnnn1-c1ccccc1. The number of nitro benzene ring substituents is 1. The van der Waals surface area contributed by atoms with Crippen LogP contribution in [0.15, 0.2) is 53.7 Å². The Morgan fingerprint density at radius 3 is 2.77 bits per heavy atom. The van der Waals surface area contributed by atoms with Crippen LogP contribution in [0.1, 0.15) is 5.56 Å². The average Bonchev–Trinajstić information content (AvgIpc) is 3.11. The Hall–Kier alpha value is -3.27. The summed E-state index contributed by atoms with van der Waals surface area (Å²) in [7, 11) is 0. The van der Waals surface area contributed by atoms with Gasteiger partial charge in [-0.05, 0) is 35.0 Å². The number of carbonyl (C=O) groups is 1. The molecular formula is C16H14N6O3S. The first-order chi connectivity index (χ1) is 12.5. The summed E-state index contributed by atoms with van der Waals surface area (Å²) in [6.07, 6.45) is 0. The van der Waals surface area contributed by atoms with Gasteiger partial charge in [0.15, 0.2) is 0 Å². The van der Waals surface area contributed by atoms with Crippen molar-refractivity contribution in [3.63, 3.8) is 0 Å². The molecular weight excluding hydrogens is 356 g/mol. The van der Waals surface area contributed by atoms with Crippen molar-refractivity contribution in [1.82, 2.24) is 20.2 Å². The number of nitro groups is 1. The number of anilines is 1. The number of nitrogens with one attached hydrogen (secondary N) is 1. The molecule has 0 aliphatic carbocycles. The zero-order valence-electron chi connectivity index (χ0n) is 13.7. The molecule has 3 rings (SSSR count). The number of non-ortho nitro benzene ring substituents is 1. The van der Waals surface area contributed by atoms with Crippen LogP contribution in [-0.2, 0) is 4.79 Å². The minimum atomic E-state index is -0.502. The van der Waals surface area contributed by atoms with E-state index in [4.69, 9.17) is 0 Å². The topological polar surface area (TPSA) is 116 Å². The Morgan fingerprint density at radius 2 is 2.04 bits per heavy atom. The summed E-state index contributed by atoms with van der Waals surface area (Å²) >= 11 is 1.17. The predicted molar refractivity (Wildman–Crippen MR) is 96.3 cm³/mol. The Kier molecular flexibility index (Phi) is 5.23. The molecule has 132 valence electrons. The summed E-state index contributed by atoms with van der Waals surface area (Å²) < 4.78 is 1.54. The molecule has 0 radical (unpaired) electrons. The minimum Gasteiger partial charge on any atom is -0.325 e. The standard InChI is InChI=1S/C16H14N6O3S/c1-11-7-8-13(22(24)25)9-14(11)17-15(23)10-26-16-18-19-20-21(16)12-5-3-2-4-6-12/h2-9H,10H2,1H3,(H,17,23). The van der Waals surface area contributed by atoms with Gasteiger partial charge in [0.2, 0.25) is 11.1 Å². The number of aromatic nitrogens is 4. The average molecular weight is 370 g/mol. The molecule has 3 aromatic rings. The zero-order chi connectivity index (χ0) is 18.5. The van der Waals surface area contributed by atoms with Gasteiger partial charge >= 0.3 is 0 Å². The lowest BCUT2D eigenvalue weighted by atomic mass is 10.2. The molecule has 0 fully saturated rings. The quantitative estimate of drug-likeness (QED) is 0.403. The van der Waals surface area contributed by atoms with Crippen molar-refractivity contribution in [2.75, 3.05) is 11.1 Å². The number of tetrazole rings is 1. The third kappa shape index (κ3) is 4.03. The van der Waals surface area contributed by atoms with E-state index in [2.05, 4.69) is 20.8 Å². The second-order valence-electron chi connectivity index (χ2n) is 5.30. The summed E-state index contributed by atoms with van der Waals surface area (Å²) in [6, 6.07) is 13.7. The maximum Gasteiger partial charge on any atom is 0.271 e. The Labute approximate surface area is 152 Å².